The molecule has 1 atom stereocenters. The van der Waals surface area contributed by atoms with Crippen LogP contribution in [0.25, 0.3) is 11.4 Å². The molecule has 160 valence electrons. The Balaban J connectivity index is 0.000000658. The SMILES string of the molecule is C=C/C=C\C=C\C.CCC.Cn1cc(C(F)(F)F)nc1-c1ccc(S(N)=O)cc1. The smallest absolute Gasteiger partial charge is 0.333 e. The van der Waals surface area contributed by atoms with Crippen molar-refractivity contribution in [3.63, 3.8) is 0 Å². The van der Waals surface area contributed by atoms with Gasteiger partial charge in [0, 0.05) is 18.8 Å². The highest BCUT2D eigenvalue weighted by molar-refractivity contribution is 7.82. The molecule has 0 saturated heterocycles. The Kier molecular flexibility index (Phi) is 12.5. The van der Waals surface area contributed by atoms with Crippen LogP contribution in [0.2, 0.25) is 0 Å². The van der Waals surface area contributed by atoms with Crippen LogP contribution in [-0.4, -0.2) is 13.8 Å². The van der Waals surface area contributed by atoms with Gasteiger partial charge in [0.25, 0.3) is 0 Å². The van der Waals surface area contributed by atoms with Crippen LogP contribution in [0, 0.1) is 0 Å². The third-order valence-electron chi connectivity index (χ3n) is 3.06. The minimum absolute atomic E-state index is 0.182. The number of nitrogens with zero attached hydrogens (tertiary/aromatic N) is 2. The van der Waals surface area contributed by atoms with Crippen molar-refractivity contribution >= 4 is 11.0 Å². The lowest BCUT2D eigenvalue weighted by molar-refractivity contribution is -0.140. The highest BCUT2D eigenvalue weighted by Crippen LogP contribution is 2.30. The molecule has 0 aliphatic rings. The van der Waals surface area contributed by atoms with E-state index in [1.807, 2.05) is 31.2 Å². The zero-order valence-corrected chi connectivity index (χ0v) is 17.9. The molecule has 1 aromatic heterocycles. The predicted octanol–water partition coefficient (Wildman–Crippen LogP) is 5.81. The summed E-state index contributed by atoms with van der Waals surface area (Å²) in [6.07, 6.45) is 7.20. The summed E-state index contributed by atoms with van der Waals surface area (Å²) in [5.41, 5.74) is -0.455. The minimum Gasteiger partial charge on any atom is -0.333 e. The maximum atomic E-state index is 12.5. The van der Waals surface area contributed by atoms with Gasteiger partial charge in [-0.2, -0.15) is 13.2 Å². The van der Waals surface area contributed by atoms with Crippen LogP contribution in [0.5, 0.6) is 0 Å². The molecule has 2 aromatic rings. The number of allylic oxidation sites excluding steroid dienone is 5. The zero-order chi connectivity index (χ0) is 22.4. The summed E-state index contributed by atoms with van der Waals surface area (Å²) in [7, 11) is -0.136. The maximum Gasteiger partial charge on any atom is 0.434 e. The molecule has 1 aromatic carbocycles. The number of rotatable bonds is 4. The first kappa shape index (κ1) is 26.6. The molecule has 0 amide bonds. The number of aromatic nitrogens is 2. The van der Waals surface area contributed by atoms with Gasteiger partial charge in [-0.05, 0) is 19.1 Å². The van der Waals surface area contributed by atoms with E-state index < -0.39 is 22.9 Å². The summed E-state index contributed by atoms with van der Waals surface area (Å²) in [6.45, 7) is 9.74. The number of aryl methyl sites for hydroxylation is 1. The lowest BCUT2D eigenvalue weighted by atomic mass is 10.2. The molecular weight excluding hydrogens is 399 g/mol. The van der Waals surface area contributed by atoms with E-state index in [-0.39, 0.29) is 5.82 Å². The molecule has 0 spiro atoms. The molecule has 1 heterocycles. The average Bonchev–Trinajstić information content (AvgIpc) is 3.06. The van der Waals surface area contributed by atoms with Gasteiger partial charge in [-0.25, -0.2) is 14.3 Å². The summed E-state index contributed by atoms with van der Waals surface area (Å²) in [6, 6.07) is 6.05. The van der Waals surface area contributed by atoms with Crippen LogP contribution >= 0.6 is 0 Å². The van der Waals surface area contributed by atoms with Crippen molar-refractivity contribution < 1.29 is 17.4 Å². The number of benzene rings is 1. The largest absolute Gasteiger partial charge is 0.434 e. The molecule has 2 rings (SSSR count). The molecule has 0 saturated carbocycles. The van der Waals surface area contributed by atoms with Gasteiger partial charge in [0.05, 0.1) is 4.90 Å². The summed E-state index contributed by atoms with van der Waals surface area (Å²) in [5.74, 6) is 0.182. The molecule has 29 heavy (non-hydrogen) atoms. The van der Waals surface area contributed by atoms with Crippen molar-refractivity contribution in [2.24, 2.45) is 12.2 Å². The lowest BCUT2D eigenvalue weighted by Gasteiger charge is -2.02. The Hall–Kier alpha value is -2.45. The van der Waals surface area contributed by atoms with E-state index in [0.717, 1.165) is 6.20 Å². The van der Waals surface area contributed by atoms with Crippen molar-refractivity contribution in [2.45, 2.75) is 38.3 Å². The molecule has 0 bridgehead atoms. The second kappa shape index (κ2) is 13.7. The Bertz CT molecular complexity index is 823. The fourth-order valence-electron chi connectivity index (χ4n) is 1.86. The molecule has 4 nitrogen and oxygen atoms in total. The molecule has 0 radical (unpaired) electrons. The van der Waals surface area contributed by atoms with Crippen LogP contribution in [-0.2, 0) is 24.2 Å². The Labute approximate surface area is 173 Å². The van der Waals surface area contributed by atoms with Gasteiger partial charge in [0.2, 0.25) is 0 Å². The molecule has 8 heteroatoms. The Morgan fingerprint density at radius 1 is 1.17 bits per heavy atom. The van der Waals surface area contributed by atoms with Crippen molar-refractivity contribution in [1.29, 1.82) is 0 Å². The third kappa shape index (κ3) is 10.0. The Morgan fingerprint density at radius 3 is 2.10 bits per heavy atom. The number of hydrogen-bond donors (Lipinski definition) is 1. The summed E-state index contributed by atoms with van der Waals surface area (Å²) >= 11 is 0. The topological polar surface area (TPSA) is 60.9 Å². The van der Waals surface area contributed by atoms with Gasteiger partial charge in [-0.15, -0.1) is 0 Å². The lowest BCUT2D eigenvalue weighted by Crippen LogP contribution is -2.05. The second-order valence-electron chi connectivity index (χ2n) is 5.73. The number of imidazole rings is 1. The van der Waals surface area contributed by atoms with Crippen LogP contribution in [0.1, 0.15) is 32.9 Å². The minimum atomic E-state index is -4.48. The zero-order valence-electron chi connectivity index (χ0n) is 17.1. The fraction of sp³-hybridized carbons (Fsp3) is 0.286. The van der Waals surface area contributed by atoms with Crippen LogP contribution in [0.15, 0.2) is 72.3 Å². The summed E-state index contributed by atoms with van der Waals surface area (Å²) in [4.78, 5) is 3.95. The van der Waals surface area contributed by atoms with Gasteiger partial charge < -0.3 is 4.57 Å². The first-order valence-electron chi connectivity index (χ1n) is 8.89. The van der Waals surface area contributed by atoms with E-state index in [4.69, 9.17) is 5.14 Å². The fourth-order valence-corrected chi connectivity index (χ4v) is 2.27. The van der Waals surface area contributed by atoms with Crippen LogP contribution in [0.3, 0.4) is 0 Å². The highest BCUT2D eigenvalue weighted by atomic mass is 32.2. The van der Waals surface area contributed by atoms with Crippen molar-refractivity contribution in [3.8, 4) is 11.4 Å². The highest BCUT2D eigenvalue weighted by Gasteiger charge is 2.34. The van der Waals surface area contributed by atoms with E-state index in [2.05, 4.69) is 25.4 Å². The standard InChI is InChI=1S/C11H10F3N3OS.C7H10.C3H8/c1-17-6-9(11(12,13)14)16-10(17)7-2-4-8(5-3-7)19(15)18;1-3-5-7-6-4-2;1-3-2/h2-6H,15H2,1H3;3-7H,1H2,2H3;3H2,1-2H3/b;6-4+,7-5-;. The van der Waals surface area contributed by atoms with Crippen LogP contribution in [0.4, 0.5) is 13.2 Å². The van der Waals surface area contributed by atoms with E-state index in [1.54, 1.807) is 6.08 Å². The Morgan fingerprint density at radius 2 is 1.72 bits per heavy atom. The summed E-state index contributed by atoms with van der Waals surface area (Å²) in [5, 5.41) is 5.20. The van der Waals surface area contributed by atoms with Crippen molar-refractivity contribution in [3.05, 3.63) is 73.1 Å². The van der Waals surface area contributed by atoms with Crippen molar-refractivity contribution in [1.82, 2.24) is 9.55 Å². The monoisotopic (exact) mass is 427 g/mol. The van der Waals surface area contributed by atoms with E-state index in [1.165, 1.54) is 42.3 Å². The van der Waals surface area contributed by atoms with Gasteiger partial charge in [0.1, 0.15) is 16.8 Å². The van der Waals surface area contributed by atoms with Crippen LogP contribution < -0.4 is 5.14 Å². The first-order chi connectivity index (χ1) is 13.6. The predicted molar refractivity (Wildman–Crippen MR) is 114 cm³/mol. The maximum absolute atomic E-state index is 12.5. The van der Waals surface area contributed by atoms with Crippen molar-refractivity contribution in [2.75, 3.05) is 0 Å². The average molecular weight is 428 g/mol. The number of halogens is 3. The molecule has 0 aliphatic heterocycles. The van der Waals surface area contributed by atoms with Gasteiger partial charge >= 0.3 is 6.18 Å². The molecular formula is C21H28F3N3OS. The summed E-state index contributed by atoms with van der Waals surface area (Å²) < 4.78 is 49.9. The van der Waals surface area contributed by atoms with E-state index in [9.17, 15) is 17.4 Å². The third-order valence-corrected chi connectivity index (χ3v) is 3.80. The first-order valence-corrected chi connectivity index (χ1v) is 10.1. The quantitative estimate of drug-likeness (QED) is 0.626. The van der Waals surface area contributed by atoms with Gasteiger partial charge in [0.15, 0.2) is 5.69 Å². The molecule has 1 unspecified atom stereocenters. The molecule has 2 N–H and O–H groups in total. The molecule has 0 fully saturated rings. The van der Waals surface area contributed by atoms with Gasteiger partial charge in [-0.1, -0.05) is 69.4 Å². The van der Waals surface area contributed by atoms with E-state index in [0.29, 0.717) is 10.5 Å². The normalized spacial score (nSPS) is 12.1. The number of hydrogen-bond acceptors (Lipinski definition) is 2. The number of nitrogens with two attached hydrogens (primary N) is 1. The molecule has 0 aliphatic carbocycles. The number of alkyl halides is 3. The van der Waals surface area contributed by atoms with E-state index >= 15 is 0 Å². The second-order valence-corrected chi connectivity index (χ2v) is 6.80. The van der Waals surface area contributed by atoms with Gasteiger partial charge in [-0.3, -0.25) is 0 Å².